The summed E-state index contributed by atoms with van der Waals surface area (Å²) in [5.74, 6) is 0.574. The number of rotatable bonds is 4. The van der Waals surface area contributed by atoms with Crippen LogP contribution in [0.1, 0.15) is 11.1 Å². The van der Waals surface area contributed by atoms with Crippen LogP contribution in [0.4, 0.5) is 0 Å². The van der Waals surface area contributed by atoms with Gasteiger partial charge in [-0.3, -0.25) is 4.57 Å². The molecule has 0 aliphatic heterocycles. The lowest BCUT2D eigenvalue weighted by Gasteiger charge is -2.08. The molecular weight excluding hydrogens is 370 g/mol. The lowest BCUT2D eigenvalue weighted by atomic mass is 10.1. The Balaban J connectivity index is 1.66. The summed E-state index contributed by atoms with van der Waals surface area (Å²) in [6.45, 7) is 1.97. The van der Waals surface area contributed by atoms with E-state index in [9.17, 15) is 4.79 Å². The van der Waals surface area contributed by atoms with Crippen LogP contribution >= 0.6 is 23.4 Å². The molecule has 0 unspecified atom stereocenters. The normalized spacial score (nSPS) is 11.2. The van der Waals surface area contributed by atoms with Crippen molar-refractivity contribution in [1.29, 1.82) is 0 Å². The molecular formula is C19H14ClN3O2S. The average Bonchev–Trinajstić information content (AvgIpc) is 3.07. The van der Waals surface area contributed by atoms with Gasteiger partial charge in [-0.15, -0.1) is 10.2 Å². The Kier molecular flexibility index (Phi) is 4.53. The van der Waals surface area contributed by atoms with Crippen LogP contribution in [0, 0.1) is 6.92 Å². The molecule has 0 spiro atoms. The van der Waals surface area contributed by atoms with Crippen molar-refractivity contribution in [1.82, 2.24) is 14.8 Å². The van der Waals surface area contributed by atoms with Gasteiger partial charge >= 0.3 is 5.63 Å². The molecule has 26 heavy (non-hydrogen) atoms. The minimum absolute atomic E-state index is 0.352. The number of aromatic nitrogens is 3. The third kappa shape index (κ3) is 3.38. The quantitative estimate of drug-likeness (QED) is 0.380. The maximum atomic E-state index is 11.9. The molecule has 0 atom stereocenters. The summed E-state index contributed by atoms with van der Waals surface area (Å²) in [7, 11) is 0. The molecule has 0 amide bonds. The van der Waals surface area contributed by atoms with E-state index >= 15 is 0 Å². The zero-order chi connectivity index (χ0) is 18.1. The van der Waals surface area contributed by atoms with Gasteiger partial charge in [0.2, 0.25) is 0 Å². The predicted molar refractivity (Wildman–Crippen MR) is 103 cm³/mol. The molecule has 0 saturated carbocycles. The monoisotopic (exact) mass is 383 g/mol. The first kappa shape index (κ1) is 16.9. The van der Waals surface area contributed by atoms with Crippen molar-refractivity contribution in [3.63, 3.8) is 0 Å². The van der Waals surface area contributed by atoms with Gasteiger partial charge in [0.25, 0.3) is 0 Å². The molecule has 4 rings (SSSR count). The Morgan fingerprint density at radius 1 is 1.19 bits per heavy atom. The molecule has 2 aromatic heterocycles. The van der Waals surface area contributed by atoms with Crippen LogP contribution in [-0.4, -0.2) is 14.8 Å². The zero-order valence-corrected chi connectivity index (χ0v) is 15.4. The zero-order valence-electron chi connectivity index (χ0n) is 13.8. The first-order chi connectivity index (χ1) is 12.6. The van der Waals surface area contributed by atoms with Crippen molar-refractivity contribution in [3.05, 3.63) is 81.4 Å². The molecule has 0 aliphatic rings. The summed E-state index contributed by atoms with van der Waals surface area (Å²) in [5, 5.41) is 10.5. The smallest absolute Gasteiger partial charge is 0.336 e. The molecule has 130 valence electrons. The van der Waals surface area contributed by atoms with E-state index in [0.29, 0.717) is 16.4 Å². The van der Waals surface area contributed by atoms with Gasteiger partial charge in [-0.25, -0.2) is 4.79 Å². The third-order valence-corrected chi connectivity index (χ3v) is 5.17. The van der Waals surface area contributed by atoms with E-state index in [-0.39, 0.29) is 5.63 Å². The summed E-state index contributed by atoms with van der Waals surface area (Å²) < 4.78 is 7.18. The number of benzene rings is 2. The Bertz CT molecular complexity index is 1150. The van der Waals surface area contributed by atoms with E-state index < -0.39 is 0 Å². The van der Waals surface area contributed by atoms with Crippen molar-refractivity contribution >= 4 is 34.3 Å². The van der Waals surface area contributed by atoms with Crippen LogP contribution in [0.5, 0.6) is 0 Å². The Hall–Kier alpha value is -2.57. The maximum absolute atomic E-state index is 11.9. The lowest BCUT2D eigenvalue weighted by molar-refractivity contribution is 0.559. The van der Waals surface area contributed by atoms with Gasteiger partial charge in [0.05, 0.1) is 5.69 Å². The average molecular weight is 384 g/mol. The summed E-state index contributed by atoms with van der Waals surface area (Å²) in [6, 6.07) is 14.9. The number of halogens is 1. The second kappa shape index (κ2) is 6.97. The summed E-state index contributed by atoms with van der Waals surface area (Å²) in [6.07, 6.45) is 1.65. The van der Waals surface area contributed by atoms with E-state index in [1.54, 1.807) is 6.33 Å². The minimum Gasteiger partial charge on any atom is -0.423 e. The fraction of sp³-hybridized carbons (Fsp3) is 0.105. The molecule has 0 fully saturated rings. The number of aryl methyl sites for hydroxylation is 1. The first-order valence-electron chi connectivity index (χ1n) is 7.92. The topological polar surface area (TPSA) is 60.9 Å². The molecule has 7 heteroatoms. The number of thioether (sulfide) groups is 1. The highest BCUT2D eigenvalue weighted by molar-refractivity contribution is 7.98. The van der Waals surface area contributed by atoms with Gasteiger partial charge in [0, 0.05) is 22.2 Å². The highest BCUT2D eigenvalue weighted by Crippen LogP contribution is 2.27. The van der Waals surface area contributed by atoms with E-state index in [2.05, 4.69) is 10.2 Å². The number of fused-ring (bicyclic) bond motifs is 1. The molecule has 0 N–H and O–H groups in total. The Labute approximate surface area is 158 Å². The second-order valence-corrected chi connectivity index (χ2v) is 7.22. The van der Waals surface area contributed by atoms with Crippen LogP contribution in [-0.2, 0) is 5.75 Å². The van der Waals surface area contributed by atoms with E-state index in [0.717, 1.165) is 27.4 Å². The van der Waals surface area contributed by atoms with Crippen molar-refractivity contribution in [3.8, 4) is 5.69 Å². The number of hydrogen-bond donors (Lipinski definition) is 0. The van der Waals surface area contributed by atoms with Crippen LogP contribution in [0.25, 0.3) is 16.7 Å². The molecule has 5 nitrogen and oxygen atoms in total. The highest BCUT2D eigenvalue weighted by atomic mass is 35.5. The van der Waals surface area contributed by atoms with E-state index in [1.165, 1.54) is 17.8 Å². The third-order valence-electron chi connectivity index (χ3n) is 3.95. The standard InChI is InChI=1S/C19H14ClN3O2S/c1-12-5-6-16-13(8-18(24)25-17(16)7-12)10-26-19-22-21-11-23(19)15-4-2-3-14(20)9-15/h2-9,11H,10H2,1H3. The van der Waals surface area contributed by atoms with Gasteiger partial charge in [0.1, 0.15) is 11.9 Å². The molecule has 2 heterocycles. The van der Waals surface area contributed by atoms with Gasteiger partial charge in [-0.2, -0.15) is 0 Å². The Morgan fingerprint density at radius 3 is 2.92 bits per heavy atom. The molecule has 4 aromatic rings. The van der Waals surface area contributed by atoms with Gasteiger partial charge in [0.15, 0.2) is 5.16 Å². The van der Waals surface area contributed by atoms with Gasteiger partial charge in [-0.05, 0) is 42.3 Å². The van der Waals surface area contributed by atoms with Crippen molar-refractivity contribution < 1.29 is 4.42 Å². The predicted octanol–water partition coefficient (Wildman–Crippen LogP) is 4.63. The summed E-state index contributed by atoms with van der Waals surface area (Å²) >= 11 is 7.58. The van der Waals surface area contributed by atoms with E-state index in [1.807, 2.05) is 54.0 Å². The van der Waals surface area contributed by atoms with Crippen molar-refractivity contribution in [2.45, 2.75) is 17.8 Å². The van der Waals surface area contributed by atoms with E-state index in [4.69, 9.17) is 16.0 Å². The lowest BCUT2D eigenvalue weighted by Crippen LogP contribution is -2.01. The largest absolute Gasteiger partial charge is 0.423 e. The van der Waals surface area contributed by atoms with Crippen molar-refractivity contribution in [2.75, 3.05) is 0 Å². The molecule has 0 aliphatic carbocycles. The first-order valence-corrected chi connectivity index (χ1v) is 9.29. The fourth-order valence-corrected chi connectivity index (χ4v) is 3.83. The number of hydrogen-bond acceptors (Lipinski definition) is 5. The number of nitrogens with zero attached hydrogens (tertiary/aromatic N) is 3. The summed E-state index contributed by atoms with van der Waals surface area (Å²) in [5.41, 5.74) is 3.09. The molecule has 2 aromatic carbocycles. The van der Waals surface area contributed by atoms with Gasteiger partial charge in [-0.1, -0.05) is 41.6 Å². The molecule has 0 radical (unpaired) electrons. The fourth-order valence-electron chi connectivity index (χ4n) is 2.72. The minimum atomic E-state index is -0.352. The maximum Gasteiger partial charge on any atom is 0.336 e. The molecule has 0 saturated heterocycles. The van der Waals surface area contributed by atoms with Crippen LogP contribution in [0.15, 0.2) is 69.2 Å². The second-order valence-electron chi connectivity index (χ2n) is 5.84. The van der Waals surface area contributed by atoms with Crippen LogP contribution in [0.2, 0.25) is 5.02 Å². The van der Waals surface area contributed by atoms with Crippen LogP contribution in [0.3, 0.4) is 0 Å². The Morgan fingerprint density at radius 2 is 2.08 bits per heavy atom. The van der Waals surface area contributed by atoms with Crippen molar-refractivity contribution in [2.24, 2.45) is 0 Å². The highest BCUT2D eigenvalue weighted by Gasteiger charge is 2.11. The van der Waals surface area contributed by atoms with Crippen LogP contribution < -0.4 is 5.63 Å². The SMILES string of the molecule is Cc1ccc2c(CSc3nncn3-c3cccc(Cl)c3)cc(=O)oc2c1. The summed E-state index contributed by atoms with van der Waals surface area (Å²) in [4.78, 5) is 11.9. The molecule has 0 bridgehead atoms. The van der Waals surface area contributed by atoms with Gasteiger partial charge < -0.3 is 4.42 Å².